The fraction of sp³-hybridized carbons (Fsp3) is 0.150. The number of halogens is 2. The first-order chi connectivity index (χ1) is 13.9. The molecule has 3 aromatic rings. The molecule has 1 N–H and O–H groups in total. The van der Waals surface area contributed by atoms with E-state index in [9.17, 15) is 14.0 Å². The third-order valence-corrected chi connectivity index (χ3v) is 4.71. The summed E-state index contributed by atoms with van der Waals surface area (Å²) >= 11 is 6.11. The summed E-state index contributed by atoms with van der Waals surface area (Å²) in [4.78, 5) is 25.6. The van der Waals surface area contributed by atoms with Gasteiger partial charge in [0, 0.05) is 16.7 Å². The van der Waals surface area contributed by atoms with Gasteiger partial charge in [-0.2, -0.15) is 5.10 Å². The standard InChI is InChI=1S/C20H16ClFN4O3/c1-29-16-6-12(5-14(22)8-16)18-9-17(20(28)25-10-19(27)23-11-25)24-26(18)15-4-2-3-13(21)7-15/h2-9H,10-11H2,1H3,(H,23,27). The third-order valence-electron chi connectivity index (χ3n) is 4.47. The maximum Gasteiger partial charge on any atom is 0.276 e. The van der Waals surface area contributed by atoms with Gasteiger partial charge in [-0.05, 0) is 36.4 Å². The highest BCUT2D eigenvalue weighted by molar-refractivity contribution is 6.30. The fourth-order valence-corrected chi connectivity index (χ4v) is 3.28. The van der Waals surface area contributed by atoms with Crippen molar-refractivity contribution in [1.82, 2.24) is 20.0 Å². The second kappa shape index (κ2) is 7.56. The first-order valence-electron chi connectivity index (χ1n) is 8.71. The molecule has 2 heterocycles. The number of hydrogen-bond donors (Lipinski definition) is 1. The molecule has 0 aliphatic carbocycles. The number of methoxy groups -OCH3 is 1. The molecule has 1 aliphatic heterocycles. The zero-order valence-electron chi connectivity index (χ0n) is 15.4. The molecule has 0 radical (unpaired) electrons. The molecule has 0 unspecified atom stereocenters. The van der Waals surface area contributed by atoms with Crippen molar-refractivity contribution < 1.29 is 18.7 Å². The van der Waals surface area contributed by atoms with Gasteiger partial charge in [0.05, 0.1) is 25.2 Å². The minimum Gasteiger partial charge on any atom is -0.497 e. The van der Waals surface area contributed by atoms with E-state index in [0.717, 1.165) is 0 Å². The van der Waals surface area contributed by atoms with Crippen LogP contribution in [-0.4, -0.2) is 46.8 Å². The van der Waals surface area contributed by atoms with Crippen LogP contribution in [0.1, 0.15) is 10.5 Å². The van der Waals surface area contributed by atoms with Crippen molar-refractivity contribution in [2.75, 3.05) is 20.3 Å². The number of carbonyl (C=O) groups excluding carboxylic acids is 2. The van der Waals surface area contributed by atoms with Crippen molar-refractivity contribution in [3.63, 3.8) is 0 Å². The van der Waals surface area contributed by atoms with Crippen LogP contribution in [0.15, 0.2) is 48.5 Å². The summed E-state index contributed by atoms with van der Waals surface area (Å²) in [6.45, 7) is 0.0802. The number of nitrogens with zero attached hydrogens (tertiary/aromatic N) is 3. The predicted octanol–water partition coefficient (Wildman–Crippen LogP) is 2.87. The van der Waals surface area contributed by atoms with E-state index in [-0.39, 0.29) is 24.8 Å². The first kappa shape index (κ1) is 18.9. The Balaban J connectivity index is 1.84. The summed E-state index contributed by atoms with van der Waals surface area (Å²) in [6.07, 6.45) is 0. The van der Waals surface area contributed by atoms with Gasteiger partial charge in [-0.3, -0.25) is 9.59 Å². The summed E-state index contributed by atoms with van der Waals surface area (Å²) in [6, 6.07) is 12.7. The van der Waals surface area contributed by atoms with E-state index in [2.05, 4.69) is 10.4 Å². The van der Waals surface area contributed by atoms with Crippen molar-refractivity contribution in [3.05, 3.63) is 65.1 Å². The van der Waals surface area contributed by atoms with Crippen LogP contribution in [0, 0.1) is 5.82 Å². The van der Waals surface area contributed by atoms with E-state index in [0.29, 0.717) is 27.7 Å². The number of carbonyl (C=O) groups is 2. The smallest absolute Gasteiger partial charge is 0.276 e. The van der Waals surface area contributed by atoms with E-state index >= 15 is 0 Å². The van der Waals surface area contributed by atoms with Crippen LogP contribution in [-0.2, 0) is 4.79 Å². The van der Waals surface area contributed by atoms with Crippen LogP contribution in [0.4, 0.5) is 4.39 Å². The van der Waals surface area contributed by atoms with E-state index in [4.69, 9.17) is 16.3 Å². The Morgan fingerprint density at radius 1 is 1.24 bits per heavy atom. The second-order valence-electron chi connectivity index (χ2n) is 6.45. The number of nitrogens with one attached hydrogen (secondary N) is 1. The molecule has 1 aliphatic rings. The predicted molar refractivity (Wildman–Crippen MR) is 105 cm³/mol. The normalized spacial score (nSPS) is 13.5. The average Bonchev–Trinajstić information content (AvgIpc) is 3.33. The fourth-order valence-electron chi connectivity index (χ4n) is 3.10. The molecule has 0 bridgehead atoms. The summed E-state index contributed by atoms with van der Waals surface area (Å²) in [5, 5.41) is 7.49. The van der Waals surface area contributed by atoms with Gasteiger partial charge < -0.3 is 15.0 Å². The number of hydrogen-bond acceptors (Lipinski definition) is 4. The molecule has 1 saturated heterocycles. The van der Waals surface area contributed by atoms with Crippen molar-refractivity contribution in [3.8, 4) is 22.7 Å². The molecule has 2 amide bonds. The van der Waals surface area contributed by atoms with Crippen molar-refractivity contribution >= 4 is 23.4 Å². The van der Waals surface area contributed by atoms with E-state index in [1.165, 1.54) is 28.8 Å². The van der Waals surface area contributed by atoms with E-state index in [1.807, 2.05) is 0 Å². The van der Waals surface area contributed by atoms with Crippen LogP contribution in [0.25, 0.3) is 16.9 Å². The van der Waals surface area contributed by atoms with Crippen LogP contribution < -0.4 is 10.1 Å². The van der Waals surface area contributed by atoms with Gasteiger partial charge in [0.25, 0.3) is 5.91 Å². The molecular formula is C20H16ClFN4O3. The van der Waals surface area contributed by atoms with Gasteiger partial charge in [0.15, 0.2) is 5.69 Å². The number of amides is 2. The Labute approximate surface area is 170 Å². The molecule has 0 spiro atoms. The summed E-state index contributed by atoms with van der Waals surface area (Å²) in [7, 11) is 1.44. The molecule has 29 heavy (non-hydrogen) atoms. The summed E-state index contributed by atoms with van der Waals surface area (Å²) < 4.78 is 20.8. The lowest BCUT2D eigenvalue weighted by Gasteiger charge is -2.10. The Hall–Kier alpha value is -3.39. The Bertz CT molecular complexity index is 1110. The summed E-state index contributed by atoms with van der Waals surface area (Å²) in [5.74, 6) is -0.794. The van der Waals surface area contributed by atoms with E-state index < -0.39 is 11.7 Å². The molecule has 1 fully saturated rings. The highest BCUT2D eigenvalue weighted by atomic mass is 35.5. The van der Waals surface area contributed by atoms with Gasteiger partial charge >= 0.3 is 0 Å². The van der Waals surface area contributed by atoms with Crippen molar-refractivity contribution in [2.45, 2.75) is 0 Å². The maximum absolute atomic E-state index is 14.1. The molecule has 9 heteroatoms. The molecule has 0 saturated carbocycles. The number of aromatic nitrogens is 2. The molecule has 1 aromatic heterocycles. The zero-order chi connectivity index (χ0) is 20.5. The SMILES string of the molecule is COc1cc(F)cc(-c2cc(C(=O)N3CNC(=O)C3)nn2-c2cccc(Cl)c2)c1. The first-order valence-corrected chi connectivity index (χ1v) is 9.09. The highest BCUT2D eigenvalue weighted by Crippen LogP contribution is 2.29. The highest BCUT2D eigenvalue weighted by Gasteiger charge is 2.27. The second-order valence-corrected chi connectivity index (χ2v) is 6.88. The monoisotopic (exact) mass is 414 g/mol. The molecular weight excluding hydrogens is 399 g/mol. The van der Waals surface area contributed by atoms with Crippen LogP contribution in [0.5, 0.6) is 5.75 Å². The lowest BCUT2D eigenvalue weighted by molar-refractivity contribution is -0.118. The van der Waals surface area contributed by atoms with Crippen LogP contribution in [0.2, 0.25) is 5.02 Å². The molecule has 4 rings (SSSR count). The van der Waals surface area contributed by atoms with Crippen LogP contribution in [0.3, 0.4) is 0 Å². The quantitative estimate of drug-likeness (QED) is 0.712. The zero-order valence-corrected chi connectivity index (χ0v) is 16.1. The topological polar surface area (TPSA) is 76.5 Å². The number of rotatable bonds is 4. The van der Waals surface area contributed by atoms with Crippen LogP contribution >= 0.6 is 11.6 Å². The molecule has 0 atom stereocenters. The average molecular weight is 415 g/mol. The van der Waals surface area contributed by atoms with Gasteiger partial charge in [-0.15, -0.1) is 0 Å². The van der Waals surface area contributed by atoms with Gasteiger partial charge in [0.1, 0.15) is 18.1 Å². The Morgan fingerprint density at radius 3 is 2.76 bits per heavy atom. The molecule has 148 valence electrons. The minimum absolute atomic E-state index is 0.0357. The van der Waals surface area contributed by atoms with E-state index in [1.54, 1.807) is 36.4 Å². The maximum atomic E-state index is 14.1. The lowest BCUT2D eigenvalue weighted by Crippen LogP contribution is -2.30. The third kappa shape index (κ3) is 3.79. The largest absolute Gasteiger partial charge is 0.497 e. The Morgan fingerprint density at radius 2 is 2.07 bits per heavy atom. The van der Waals surface area contributed by atoms with Crippen molar-refractivity contribution in [2.24, 2.45) is 0 Å². The molecule has 7 nitrogen and oxygen atoms in total. The summed E-state index contributed by atoms with van der Waals surface area (Å²) in [5.41, 5.74) is 1.68. The van der Waals surface area contributed by atoms with Gasteiger partial charge in [0.2, 0.25) is 5.91 Å². The van der Waals surface area contributed by atoms with Crippen molar-refractivity contribution in [1.29, 1.82) is 0 Å². The minimum atomic E-state index is -0.486. The lowest BCUT2D eigenvalue weighted by atomic mass is 10.1. The molecule has 2 aromatic carbocycles. The van der Waals surface area contributed by atoms with Gasteiger partial charge in [-0.1, -0.05) is 17.7 Å². The Kier molecular flexibility index (Phi) is 4.94. The van der Waals surface area contributed by atoms with Gasteiger partial charge in [-0.25, -0.2) is 9.07 Å². The number of ether oxygens (including phenoxy) is 1. The number of benzene rings is 2.